The average Bonchev–Trinajstić information content (AvgIpc) is 2.84. The Bertz CT molecular complexity index is 429. The molecule has 19 heavy (non-hydrogen) atoms. The number of rotatable bonds is 2. The Labute approximate surface area is 115 Å². The van der Waals surface area contributed by atoms with Crippen molar-refractivity contribution >= 4 is 0 Å². The van der Waals surface area contributed by atoms with Gasteiger partial charge in [-0.25, -0.2) is 0 Å². The third-order valence-electron chi connectivity index (χ3n) is 4.89. The summed E-state index contributed by atoms with van der Waals surface area (Å²) in [4.78, 5) is 2.61. The summed E-state index contributed by atoms with van der Waals surface area (Å²) < 4.78 is 2.18. The fraction of sp³-hybridized carbons (Fsp3) is 0.857. The summed E-state index contributed by atoms with van der Waals surface area (Å²) in [5, 5.41) is 11.8. The molecule has 4 unspecified atom stereocenters. The third kappa shape index (κ3) is 2.41. The van der Waals surface area contributed by atoms with E-state index in [1.165, 1.54) is 12.8 Å². The molecule has 3 rings (SSSR count). The molecule has 1 N–H and O–H groups in total. The standard InChI is InChI=1S/C14H25N5/c1-10-6-11(2)14(12(7-10)15-3)18-4-5-19-9-16-17-13(19)8-18/h9-12,14-15H,4-8H2,1-3H3. The summed E-state index contributed by atoms with van der Waals surface area (Å²) in [5.74, 6) is 2.69. The van der Waals surface area contributed by atoms with Crippen molar-refractivity contribution in [2.75, 3.05) is 13.6 Å². The second kappa shape index (κ2) is 5.21. The molecular formula is C14H25N5. The van der Waals surface area contributed by atoms with Crippen LogP contribution in [0.3, 0.4) is 0 Å². The summed E-state index contributed by atoms with van der Waals surface area (Å²) in [6.07, 6.45) is 4.48. The lowest BCUT2D eigenvalue weighted by molar-refractivity contribution is 0.0437. The van der Waals surface area contributed by atoms with Gasteiger partial charge in [-0.15, -0.1) is 10.2 Å². The fourth-order valence-electron chi connectivity index (χ4n) is 4.08. The monoisotopic (exact) mass is 263 g/mol. The first-order chi connectivity index (χ1) is 9.19. The van der Waals surface area contributed by atoms with Crippen molar-refractivity contribution in [1.29, 1.82) is 0 Å². The van der Waals surface area contributed by atoms with Crippen LogP contribution in [0, 0.1) is 11.8 Å². The number of hydrogen-bond acceptors (Lipinski definition) is 4. The van der Waals surface area contributed by atoms with Crippen molar-refractivity contribution in [3.05, 3.63) is 12.2 Å². The SMILES string of the molecule is CNC1CC(C)CC(C)C1N1CCn2cnnc2C1. The van der Waals surface area contributed by atoms with E-state index in [0.717, 1.165) is 37.3 Å². The maximum absolute atomic E-state index is 4.24. The highest BCUT2D eigenvalue weighted by Gasteiger charge is 2.38. The molecule has 1 aromatic heterocycles. The quantitative estimate of drug-likeness (QED) is 0.868. The molecule has 0 radical (unpaired) electrons. The van der Waals surface area contributed by atoms with Gasteiger partial charge in [0.1, 0.15) is 12.2 Å². The highest BCUT2D eigenvalue weighted by molar-refractivity contribution is 4.98. The van der Waals surface area contributed by atoms with Crippen LogP contribution in [0.5, 0.6) is 0 Å². The van der Waals surface area contributed by atoms with E-state index >= 15 is 0 Å². The molecule has 5 nitrogen and oxygen atoms in total. The van der Waals surface area contributed by atoms with Crippen molar-refractivity contribution in [3.8, 4) is 0 Å². The van der Waals surface area contributed by atoms with Gasteiger partial charge in [0.2, 0.25) is 0 Å². The molecule has 0 amide bonds. The van der Waals surface area contributed by atoms with Gasteiger partial charge in [-0.2, -0.15) is 0 Å². The Morgan fingerprint density at radius 2 is 2.11 bits per heavy atom. The van der Waals surface area contributed by atoms with Crippen LogP contribution in [0.15, 0.2) is 6.33 Å². The minimum atomic E-state index is 0.605. The average molecular weight is 263 g/mol. The molecule has 1 fully saturated rings. The van der Waals surface area contributed by atoms with E-state index in [1.54, 1.807) is 0 Å². The third-order valence-corrected chi connectivity index (χ3v) is 4.89. The van der Waals surface area contributed by atoms with Crippen molar-refractivity contribution < 1.29 is 0 Å². The van der Waals surface area contributed by atoms with Gasteiger partial charge in [0.05, 0.1) is 6.54 Å². The van der Waals surface area contributed by atoms with Crippen molar-refractivity contribution in [2.45, 2.75) is 51.9 Å². The lowest BCUT2D eigenvalue weighted by atomic mass is 9.75. The lowest BCUT2D eigenvalue weighted by Gasteiger charge is -2.46. The van der Waals surface area contributed by atoms with Gasteiger partial charge in [0.15, 0.2) is 0 Å². The van der Waals surface area contributed by atoms with Gasteiger partial charge in [-0.1, -0.05) is 13.8 Å². The van der Waals surface area contributed by atoms with Crippen LogP contribution in [-0.4, -0.2) is 45.3 Å². The molecule has 1 saturated carbocycles. The zero-order chi connectivity index (χ0) is 13.4. The molecular weight excluding hydrogens is 238 g/mol. The first kappa shape index (κ1) is 13.1. The molecule has 1 aliphatic carbocycles. The van der Waals surface area contributed by atoms with Gasteiger partial charge < -0.3 is 9.88 Å². The molecule has 0 saturated heterocycles. The topological polar surface area (TPSA) is 46.0 Å². The van der Waals surface area contributed by atoms with Crippen molar-refractivity contribution in [3.63, 3.8) is 0 Å². The summed E-state index contributed by atoms with van der Waals surface area (Å²) >= 11 is 0. The summed E-state index contributed by atoms with van der Waals surface area (Å²) in [6.45, 7) is 7.87. The maximum Gasteiger partial charge on any atom is 0.147 e. The first-order valence-electron chi connectivity index (χ1n) is 7.47. The van der Waals surface area contributed by atoms with Gasteiger partial charge >= 0.3 is 0 Å². The highest BCUT2D eigenvalue weighted by Crippen LogP contribution is 2.33. The first-order valence-corrected chi connectivity index (χ1v) is 7.47. The molecule has 1 aliphatic heterocycles. The second-order valence-electron chi connectivity index (χ2n) is 6.35. The zero-order valence-corrected chi connectivity index (χ0v) is 12.2. The fourth-order valence-corrected chi connectivity index (χ4v) is 4.08. The van der Waals surface area contributed by atoms with Crippen molar-refractivity contribution in [2.24, 2.45) is 11.8 Å². The molecule has 1 aromatic rings. The molecule has 4 atom stereocenters. The minimum Gasteiger partial charge on any atom is -0.315 e. The molecule has 2 aliphatic rings. The van der Waals surface area contributed by atoms with E-state index in [2.05, 4.69) is 45.9 Å². The predicted octanol–water partition coefficient (Wildman–Crippen LogP) is 1.12. The minimum absolute atomic E-state index is 0.605. The van der Waals surface area contributed by atoms with Gasteiger partial charge in [0, 0.05) is 25.2 Å². The molecule has 2 heterocycles. The number of likely N-dealkylation sites (N-methyl/N-ethyl adjacent to an activating group) is 1. The van der Waals surface area contributed by atoms with Crippen LogP contribution in [-0.2, 0) is 13.1 Å². The molecule has 0 bridgehead atoms. The predicted molar refractivity (Wildman–Crippen MR) is 74.6 cm³/mol. The Morgan fingerprint density at radius 3 is 2.89 bits per heavy atom. The van der Waals surface area contributed by atoms with E-state index in [9.17, 15) is 0 Å². The maximum atomic E-state index is 4.24. The largest absolute Gasteiger partial charge is 0.315 e. The lowest BCUT2D eigenvalue weighted by Crippen LogP contribution is -2.57. The van der Waals surface area contributed by atoms with Crippen LogP contribution in [0.25, 0.3) is 0 Å². The number of nitrogens with zero attached hydrogens (tertiary/aromatic N) is 4. The van der Waals surface area contributed by atoms with E-state index in [-0.39, 0.29) is 0 Å². The van der Waals surface area contributed by atoms with E-state index in [4.69, 9.17) is 0 Å². The van der Waals surface area contributed by atoms with E-state index in [1.807, 2.05) is 6.33 Å². The molecule has 5 heteroatoms. The Kier molecular flexibility index (Phi) is 3.58. The summed E-state index contributed by atoms with van der Waals surface area (Å²) in [5.41, 5.74) is 0. The Balaban J connectivity index is 1.77. The van der Waals surface area contributed by atoms with E-state index < -0.39 is 0 Å². The number of fused-ring (bicyclic) bond motifs is 1. The number of aromatic nitrogens is 3. The van der Waals surface area contributed by atoms with Crippen LogP contribution in [0.1, 0.15) is 32.5 Å². The molecule has 0 spiro atoms. The van der Waals surface area contributed by atoms with Crippen LogP contribution >= 0.6 is 0 Å². The van der Waals surface area contributed by atoms with E-state index in [0.29, 0.717) is 12.1 Å². The molecule has 106 valence electrons. The van der Waals surface area contributed by atoms with Crippen LogP contribution < -0.4 is 5.32 Å². The Morgan fingerprint density at radius 1 is 1.26 bits per heavy atom. The smallest absolute Gasteiger partial charge is 0.147 e. The highest BCUT2D eigenvalue weighted by atomic mass is 15.3. The normalized spacial score (nSPS) is 36.2. The summed E-state index contributed by atoms with van der Waals surface area (Å²) in [7, 11) is 2.11. The zero-order valence-electron chi connectivity index (χ0n) is 12.2. The second-order valence-corrected chi connectivity index (χ2v) is 6.35. The number of hydrogen-bond donors (Lipinski definition) is 1. The van der Waals surface area contributed by atoms with Gasteiger partial charge in [-0.05, 0) is 31.7 Å². The Hall–Kier alpha value is -0.940. The van der Waals surface area contributed by atoms with Gasteiger partial charge in [-0.3, -0.25) is 4.90 Å². The molecule has 0 aromatic carbocycles. The van der Waals surface area contributed by atoms with Gasteiger partial charge in [0.25, 0.3) is 0 Å². The van der Waals surface area contributed by atoms with Crippen molar-refractivity contribution in [1.82, 2.24) is 25.0 Å². The summed E-state index contributed by atoms with van der Waals surface area (Å²) in [6, 6.07) is 1.24. The number of nitrogens with one attached hydrogen (secondary N) is 1. The van der Waals surface area contributed by atoms with Crippen LogP contribution in [0.4, 0.5) is 0 Å². The van der Waals surface area contributed by atoms with Crippen LogP contribution in [0.2, 0.25) is 0 Å².